The van der Waals surface area contributed by atoms with Crippen molar-refractivity contribution < 1.29 is 4.74 Å². The largest absolute Gasteiger partial charge is 0.496 e. The van der Waals surface area contributed by atoms with E-state index in [9.17, 15) is 0 Å². The van der Waals surface area contributed by atoms with Crippen LogP contribution < -0.4 is 10.5 Å². The van der Waals surface area contributed by atoms with Gasteiger partial charge in [0.15, 0.2) is 0 Å². The Morgan fingerprint density at radius 2 is 2.07 bits per heavy atom. The standard InChI is InChI=1S/C11H17NOS/c1-7-5-6-9(14-4)10(8(2)12)11(7)13-3/h5-6,8H,12H2,1-4H3. The molecule has 0 bridgehead atoms. The molecule has 0 radical (unpaired) electrons. The van der Waals surface area contributed by atoms with E-state index in [1.165, 1.54) is 4.90 Å². The summed E-state index contributed by atoms with van der Waals surface area (Å²) >= 11 is 1.70. The Morgan fingerprint density at radius 3 is 2.50 bits per heavy atom. The Morgan fingerprint density at radius 1 is 1.43 bits per heavy atom. The van der Waals surface area contributed by atoms with Gasteiger partial charge in [0.2, 0.25) is 0 Å². The molecule has 0 amide bonds. The first kappa shape index (κ1) is 11.4. The molecule has 1 unspecified atom stereocenters. The summed E-state index contributed by atoms with van der Waals surface area (Å²) in [6.07, 6.45) is 2.05. The topological polar surface area (TPSA) is 35.2 Å². The molecule has 0 aliphatic heterocycles. The van der Waals surface area contributed by atoms with Crippen molar-refractivity contribution in [3.8, 4) is 5.75 Å². The lowest BCUT2D eigenvalue weighted by molar-refractivity contribution is 0.402. The summed E-state index contributed by atoms with van der Waals surface area (Å²) in [5.74, 6) is 0.923. The maximum absolute atomic E-state index is 5.94. The van der Waals surface area contributed by atoms with Gasteiger partial charge in [0.1, 0.15) is 5.75 Å². The van der Waals surface area contributed by atoms with E-state index in [1.54, 1.807) is 18.9 Å². The van der Waals surface area contributed by atoms with Crippen LogP contribution >= 0.6 is 11.8 Å². The second-order valence-corrected chi connectivity index (χ2v) is 4.17. The smallest absolute Gasteiger partial charge is 0.127 e. The number of hydrogen-bond donors (Lipinski definition) is 1. The summed E-state index contributed by atoms with van der Waals surface area (Å²) < 4.78 is 5.39. The maximum Gasteiger partial charge on any atom is 0.127 e. The first-order valence-electron chi connectivity index (χ1n) is 4.58. The van der Waals surface area contributed by atoms with Crippen LogP contribution in [0.3, 0.4) is 0 Å². The average molecular weight is 211 g/mol. The SMILES string of the molecule is COc1c(C)ccc(SC)c1C(C)N. The van der Waals surface area contributed by atoms with Gasteiger partial charge >= 0.3 is 0 Å². The zero-order valence-electron chi connectivity index (χ0n) is 9.13. The molecule has 0 spiro atoms. The normalized spacial score (nSPS) is 12.6. The summed E-state index contributed by atoms with van der Waals surface area (Å²) in [4.78, 5) is 1.20. The van der Waals surface area contributed by atoms with Crippen LogP contribution in [0.5, 0.6) is 5.75 Å². The van der Waals surface area contributed by atoms with Gasteiger partial charge in [0, 0.05) is 16.5 Å². The Kier molecular flexibility index (Phi) is 3.84. The Hall–Kier alpha value is -0.670. The molecule has 2 nitrogen and oxygen atoms in total. The van der Waals surface area contributed by atoms with Crippen molar-refractivity contribution in [2.24, 2.45) is 5.73 Å². The predicted octanol–water partition coefficient (Wildman–Crippen LogP) is 2.75. The first-order valence-corrected chi connectivity index (χ1v) is 5.81. The number of ether oxygens (including phenoxy) is 1. The number of benzene rings is 1. The molecule has 1 aromatic carbocycles. The molecule has 14 heavy (non-hydrogen) atoms. The van der Waals surface area contributed by atoms with Gasteiger partial charge in [-0.25, -0.2) is 0 Å². The van der Waals surface area contributed by atoms with E-state index >= 15 is 0 Å². The van der Waals surface area contributed by atoms with E-state index in [1.807, 2.05) is 13.8 Å². The lowest BCUT2D eigenvalue weighted by Crippen LogP contribution is -2.09. The Labute approximate surface area is 89.8 Å². The van der Waals surface area contributed by atoms with Gasteiger partial charge in [-0.15, -0.1) is 11.8 Å². The molecule has 0 saturated carbocycles. The van der Waals surface area contributed by atoms with Crippen molar-refractivity contribution in [3.63, 3.8) is 0 Å². The van der Waals surface area contributed by atoms with E-state index < -0.39 is 0 Å². The van der Waals surface area contributed by atoms with E-state index in [-0.39, 0.29) is 6.04 Å². The van der Waals surface area contributed by atoms with Crippen LogP contribution in [-0.2, 0) is 0 Å². The molecule has 3 heteroatoms. The van der Waals surface area contributed by atoms with Crippen molar-refractivity contribution in [1.29, 1.82) is 0 Å². The molecule has 1 atom stereocenters. The molecular formula is C11H17NOS. The van der Waals surface area contributed by atoms with Crippen LogP contribution in [0.25, 0.3) is 0 Å². The second-order valence-electron chi connectivity index (χ2n) is 3.32. The third-order valence-electron chi connectivity index (χ3n) is 2.23. The molecular weight excluding hydrogens is 194 g/mol. The van der Waals surface area contributed by atoms with Crippen LogP contribution in [-0.4, -0.2) is 13.4 Å². The summed E-state index contributed by atoms with van der Waals surface area (Å²) in [7, 11) is 1.69. The van der Waals surface area contributed by atoms with Gasteiger partial charge in [0.05, 0.1) is 7.11 Å². The highest BCUT2D eigenvalue weighted by molar-refractivity contribution is 7.98. The molecule has 0 aliphatic rings. The minimum absolute atomic E-state index is 0.00676. The molecule has 0 aromatic heterocycles. The van der Waals surface area contributed by atoms with E-state index in [2.05, 4.69) is 18.4 Å². The number of hydrogen-bond acceptors (Lipinski definition) is 3. The summed E-state index contributed by atoms with van der Waals surface area (Å²) in [5.41, 5.74) is 8.19. The van der Waals surface area contributed by atoms with Gasteiger partial charge in [0.25, 0.3) is 0 Å². The zero-order chi connectivity index (χ0) is 10.7. The van der Waals surface area contributed by atoms with Crippen LogP contribution in [0, 0.1) is 6.92 Å². The van der Waals surface area contributed by atoms with Crippen molar-refractivity contribution in [2.45, 2.75) is 24.8 Å². The van der Waals surface area contributed by atoms with Gasteiger partial charge in [-0.2, -0.15) is 0 Å². The molecule has 0 saturated heterocycles. The molecule has 2 N–H and O–H groups in total. The van der Waals surface area contributed by atoms with Gasteiger partial charge in [-0.3, -0.25) is 0 Å². The van der Waals surface area contributed by atoms with Crippen molar-refractivity contribution in [3.05, 3.63) is 23.3 Å². The molecule has 78 valence electrons. The van der Waals surface area contributed by atoms with Crippen LogP contribution in [0.15, 0.2) is 17.0 Å². The van der Waals surface area contributed by atoms with Crippen LogP contribution in [0.2, 0.25) is 0 Å². The number of rotatable bonds is 3. The fourth-order valence-corrected chi connectivity index (χ4v) is 2.27. The summed E-state index contributed by atoms with van der Waals surface area (Å²) in [6, 6.07) is 4.17. The maximum atomic E-state index is 5.94. The second kappa shape index (κ2) is 4.71. The lowest BCUT2D eigenvalue weighted by atomic mass is 10.0. The third-order valence-corrected chi connectivity index (χ3v) is 3.03. The van der Waals surface area contributed by atoms with Crippen molar-refractivity contribution in [1.82, 2.24) is 0 Å². The fourth-order valence-electron chi connectivity index (χ4n) is 1.57. The molecule has 1 rings (SSSR count). The van der Waals surface area contributed by atoms with E-state index in [0.717, 1.165) is 16.9 Å². The minimum Gasteiger partial charge on any atom is -0.496 e. The van der Waals surface area contributed by atoms with Crippen LogP contribution in [0.1, 0.15) is 24.1 Å². The quantitative estimate of drug-likeness (QED) is 0.781. The number of aryl methyl sites for hydroxylation is 1. The molecule has 1 aromatic rings. The first-order chi connectivity index (χ1) is 6.61. The van der Waals surface area contributed by atoms with E-state index in [0.29, 0.717) is 0 Å². The number of methoxy groups -OCH3 is 1. The van der Waals surface area contributed by atoms with Gasteiger partial charge < -0.3 is 10.5 Å². The lowest BCUT2D eigenvalue weighted by Gasteiger charge is -2.17. The summed E-state index contributed by atoms with van der Waals surface area (Å²) in [5, 5.41) is 0. The van der Waals surface area contributed by atoms with Crippen molar-refractivity contribution >= 4 is 11.8 Å². The highest BCUT2D eigenvalue weighted by Crippen LogP contribution is 2.35. The van der Waals surface area contributed by atoms with Crippen LogP contribution in [0.4, 0.5) is 0 Å². The molecule has 0 fully saturated rings. The monoisotopic (exact) mass is 211 g/mol. The average Bonchev–Trinajstić information content (AvgIpc) is 2.17. The number of nitrogens with two attached hydrogens (primary N) is 1. The van der Waals surface area contributed by atoms with E-state index in [4.69, 9.17) is 10.5 Å². The Balaban J connectivity index is 3.36. The predicted molar refractivity (Wildman–Crippen MR) is 62.1 cm³/mol. The third kappa shape index (κ3) is 2.04. The minimum atomic E-state index is 0.00676. The summed E-state index contributed by atoms with van der Waals surface area (Å²) in [6.45, 7) is 4.02. The molecule has 0 heterocycles. The number of thioether (sulfide) groups is 1. The Bertz CT molecular complexity index is 323. The zero-order valence-corrected chi connectivity index (χ0v) is 9.94. The van der Waals surface area contributed by atoms with Gasteiger partial charge in [-0.05, 0) is 31.7 Å². The molecule has 0 aliphatic carbocycles. The van der Waals surface area contributed by atoms with Gasteiger partial charge in [-0.1, -0.05) is 6.07 Å². The highest BCUT2D eigenvalue weighted by Gasteiger charge is 2.14. The highest BCUT2D eigenvalue weighted by atomic mass is 32.2. The fraction of sp³-hybridized carbons (Fsp3) is 0.455. The van der Waals surface area contributed by atoms with Crippen molar-refractivity contribution in [2.75, 3.05) is 13.4 Å².